The van der Waals surface area contributed by atoms with Gasteiger partial charge in [-0.15, -0.1) is 0 Å². The lowest BCUT2D eigenvalue weighted by Gasteiger charge is -2.24. The smallest absolute Gasteiger partial charge is 0.144 e. The van der Waals surface area contributed by atoms with Crippen LogP contribution in [0.1, 0.15) is 44.3 Å². The molecular weight excluding hydrogens is 164 g/mol. The first-order chi connectivity index (χ1) is 6.31. The summed E-state index contributed by atoms with van der Waals surface area (Å²) in [6.45, 7) is 0. The lowest BCUT2D eigenvalue weighted by atomic mass is 9.91. The monoisotopic (exact) mass is 180 g/mol. The molecule has 2 rings (SSSR count). The zero-order valence-electron chi connectivity index (χ0n) is 7.79. The van der Waals surface area contributed by atoms with Gasteiger partial charge in [-0.05, 0) is 12.8 Å². The number of aromatic amines is 1. The molecule has 1 heterocycles. The van der Waals surface area contributed by atoms with Crippen molar-refractivity contribution < 1.29 is 0 Å². The van der Waals surface area contributed by atoms with Gasteiger partial charge in [0.15, 0.2) is 0 Å². The average Bonchev–Trinajstić information content (AvgIpc) is 2.57. The first-order valence-electron chi connectivity index (χ1n) is 4.96. The van der Waals surface area contributed by atoms with Crippen LogP contribution in [0.5, 0.6) is 0 Å². The Bertz CT molecular complexity index is 247. The van der Waals surface area contributed by atoms with E-state index in [0.717, 1.165) is 18.7 Å². The van der Waals surface area contributed by atoms with Crippen LogP contribution in [0.3, 0.4) is 0 Å². The lowest BCUT2D eigenvalue weighted by molar-refractivity contribution is 0.364. The van der Waals surface area contributed by atoms with Crippen LogP contribution in [0.25, 0.3) is 0 Å². The van der Waals surface area contributed by atoms with E-state index in [0.29, 0.717) is 0 Å². The van der Waals surface area contributed by atoms with Gasteiger partial charge in [-0.2, -0.15) is 5.10 Å². The molecule has 0 unspecified atom stereocenters. The predicted octanol–water partition coefficient (Wildman–Crippen LogP) is 1.31. The summed E-state index contributed by atoms with van der Waals surface area (Å²) in [6, 6.07) is 0. The summed E-state index contributed by atoms with van der Waals surface area (Å²) < 4.78 is 0. The quantitative estimate of drug-likeness (QED) is 0.640. The molecule has 3 N–H and O–H groups in total. The van der Waals surface area contributed by atoms with Gasteiger partial charge in [0.25, 0.3) is 0 Å². The fraction of sp³-hybridized carbons (Fsp3) is 0.778. The number of nitrogens with two attached hydrogens (primary N) is 1. The Balaban J connectivity index is 2.17. The van der Waals surface area contributed by atoms with Crippen molar-refractivity contribution in [1.29, 1.82) is 0 Å². The van der Waals surface area contributed by atoms with Crippen molar-refractivity contribution >= 4 is 0 Å². The molecule has 1 saturated carbocycles. The first kappa shape index (κ1) is 8.69. The number of H-pyrrole nitrogens is 1. The highest BCUT2D eigenvalue weighted by molar-refractivity contribution is 5.03. The lowest BCUT2D eigenvalue weighted by Crippen LogP contribution is -2.37. The predicted molar refractivity (Wildman–Crippen MR) is 50.0 cm³/mol. The normalized spacial score (nSPS) is 22.5. The third-order valence-corrected chi connectivity index (χ3v) is 2.88. The Morgan fingerprint density at radius 3 is 2.46 bits per heavy atom. The van der Waals surface area contributed by atoms with Crippen LogP contribution in [0.2, 0.25) is 0 Å². The minimum atomic E-state index is -0.243. The zero-order valence-corrected chi connectivity index (χ0v) is 7.79. The molecule has 0 aliphatic heterocycles. The molecule has 1 aromatic rings. The van der Waals surface area contributed by atoms with Gasteiger partial charge in [-0.3, -0.25) is 5.10 Å². The molecule has 1 aromatic heterocycles. The number of hydrogen-bond acceptors (Lipinski definition) is 3. The topological polar surface area (TPSA) is 67.6 Å². The highest BCUT2D eigenvalue weighted by Gasteiger charge is 2.30. The molecule has 0 radical (unpaired) electrons. The SMILES string of the molecule is NC1(c2ncn[nH]2)CCCCCC1. The fourth-order valence-electron chi connectivity index (χ4n) is 2.04. The Kier molecular flexibility index (Phi) is 2.31. The number of hydrogen-bond donors (Lipinski definition) is 2. The molecule has 1 aliphatic rings. The number of nitrogens with one attached hydrogen (secondary N) is 1. The van der Waals surface area contributed by atoms with Crippen LogP contribution in [-0.2, 0) is 5.54 Å². The molecule has 0 saturated heterocycles. The van der Waals surface area contributed by atoms with Gasteiger partial charge in [-0.25, -0.2) is 4.98 Å². The van der Waals surface area contributed by atoms with E-state index < -0.39 is 0 Å². The summed E-state index contributed by atoms with van der Waals surface area (Å²) in [5.41, 5.74) is 6.05. The van der Waals surface area contributed by atoms with Gasteiger partial charge < -0.3 is 5.73 Å². The molecule has 0 bridgehead atoms. The van der Waals surface area contributed by atoms with E-state index in [1.165, 1.54) is 32.0 Å². The molecule has 1 fully saturated rings. The van der Waals surface area contributed by atoms with E-state index in [4.69, 9.17) is 5.73 Å². The summed E-state index contributed by atoms with van der Waals surface area (Å²) in [5.74, 6) is 0.856. The summed E-state index contributed by atoms with van der Waals surface area (Å²) in [6.07, 6.45) is 8.60. The van der Waals surface area contributed by atoms with E-state index in [-0.39, 0.29) is 5.54 Å². The van der Waals surface area contributed by atoms with E-state index in [1.54, 1.807) is 0 Å². The van der Waals surface area contributed by atoms with Crippen LogP contribution >= 0.6 is 0 Å². The summed E-state index contributed by atoms with van der Waals surface area (Å²) in [4.78, 5) is 4.16. The van der Waals surface area contributed by atoms with Crippen molar-refractivity contribution in [2.24, 2.45) is 5.73 Å². The molecule has 4 heteroatoms. The number of nitrogens with zero attached hydrogens (tertiary/aromatic N) is 2. The maximum atomic E-state index is 6.29. The Morgan fingerprint density at radius 2 is 1.92 bits per heavy atom. The van der Waals surface area contributed by atoms with Crippen molar-refractivity contribution in [3.63, 3.8) is 0 Å². The molecule has 1 aliphatic carbocycles. The second-order valence-corrected chi connectivity index (χ2v) is 3.90. The van der Waals surface area contributed by atoms with Crippen molar-refractivity contribution in [1.82, 2.24) is 15.2 Å². The molecule has 0 atom stereocenters. The van der Waals surface area contributed by atoms with Gasteiger partial charge in [0.1, 0.15) is 12.2 Å². The van der Waals surface area contributed by atoms with Crippen LogP contribution in [-0.4, -0.2) is 15.2 Å². The van der Waals surface area contributed by atoms with E-state index in [9.17, 15) is 0 Å². The van der Waals surface area contributed by atoms with Gasteiger partial charge in [0.05, 0.1) is 5.54 Å². The maximum absolute atomic E-state index is 6.29. The fourth-order valence-corrected chi connectivity index (χ4v) is 2.04. The second kappa shape index (κ2) is 3.46. The van der Waals surface area contributed by atoms with E-state index >= 15 is 0 Å². The third-order valence-electron chi connectivity index (χ3n) is 2.88. The van der Waals surface area contributed by atoms with Gasteiger partial charge in [-0.1, -0.05) is 25.7 Å². The first-order valence-corrected chi connectivity index (χ1v) is 4.96. The summed E-state index contributed by atoms with van der Waals surface area (Å²) >= 11 is 0. The minimum Gasteiger partial charge on any atom is -0.319 e. The Hall–Kier alpha value is -0.900. The van der Waals surface area contributed by atoms with Crippen LogP contribution in [0.15, 0.2) is 6.33 Å². The maximum Gasteiger partial charge on any atom is 0.144 e. The minimum absolute atomic E-state index is 0.243. The molecule has 4 nitrogen and oxygen atoms in total. The van der Waals surface area contributed by atoms with Crippen LogP contribution in [0.4, 0.5) is 0 Å². The second-order valence-electron chi connectivity index (χ2n) is 3.90. The third kappa shape index (κ3) is 1.72. The molecule has 0 amide bonds. The number of rotatable bonds is 1. The molecule has 0 aromatic carbocycles. The van der Waals surface area contributed by atoms with Crippen molar-refractivity contribution in [2.75, 3.05) is 0 Å². The van der Waals surface area contributed by atoms with Gasteiger partial charge in [0, 0.05) is 0 Å². The molecular formula is C9H16N4. The molecule has 72 valence electrons. The molecule has 0 spiro atoms. The Labute approximate surface area is 77.9 Å². The standard InChI is InChI=1S/C9H16N4/c10-9(8-11-7-12-13-8)5-3-1-2-4-6-9/h7H,1-6,10H2,(H,11,12,13). The van der Waals surface area contributed by atoms with E-state index in [2.05, 4.69) is 15.2 Å². The zero-order chi connectivity index (χ0) is 9.15. The Morgan fingerprint density at radius 1 is 1.23 bits per heavy atom. The van der Waals surface area contributed by atoms with Crippen LogP contribution in [0, 0.1) is 0 Å². The highest BCUT2D eigenvalue weighted by Crippen LogP contribution is 2.31. The summed E-state index contributed by atoms with van der Waals surface area (Å²) in [5, 5.41) is 6.75. The van der Waals surface area contributed by atoms with Crippen molar-refractivity contribution in [3.05, 3.63) is 12.2 Å². The number of aromatic nitrogens is 3. The molecule has 13 heavy (non-hydrogen) atoms. The highest BCUT2D eigenvalue weighted by atomic mass is 15.2. The van der Waals surface area contributed by atoms with Crippen LogP contribution < -0.4 is 5.73 Å². The van der Waals surface area contributed by atoms with Gasteiger partial charge >= 0.3 is 0 Å². The average molecular weight is 180 g/mol. The van der Waals surface area contributed by atoms with E-state index in [1.807, 2.05) is 0 Å². The van der Waals surface area contributed by atoms with Crippen molar-refractivity contribution in [2.45, 2.75) is 44.1 Å². The van der Waals surface area contributed by atoms with Gasteiger partial charge in [0.2, 0.25) is 0 Å². The van der Waals surface area contributed by atoms with Crippen molar-refractivity contribution in [3.8, 4) is 0 Å². The largest absolute Gasteiger partial charge is 0.319 e. The summed E-state index contributed by atoms with van der Waals surface area (Å²) in [7, 11) is 0.